The van der Waals surface area contributed by atoms with Gasteiger partial charge in [-0.1, -0.05) is 67.1 Å². The van der Waals surface area contributed by atoms with Crippen LogP contribution in [0.25, 0.3) is 0 Å². The molecule has 4 nitrogen and oxygen atoms in total. The number of piperidine rings is 1. The third-order valence-corrected chi connectivity index (χ3v) is 7.22. The Morgan fingerprint density at radius 2 is 1.59 bits per heavy atom. The molecule has 5 rings (SSSR count). The molecule has 0 spiro atoms. The first-order valence-electron chi connectivity index (χ1n) is 9.71. The van der Waals surface area contributed by atoms with E-state index in [2.05, 4.69) is 24.3 Å². The van der Waals surface area contributed by atoms with Gasteiger partial charge in [0.25, 0.3) is 0 Å². The first-order valence-corrected chi connectivity index (χ1v) is 9.71. The van der Waals surface area contributed by atoms with Gasteiger partial charge in [0.1, 0.15) is 6.61 Å². The van der Waals surface area contributed by atoms with Crippen LogP contribution in [0, 0.1) is 5.92 Å². The summed E-state index contributed by atoms with van der Waals surface area (Å²) >= 11 is 0. The molecule has 4 atom stereocenters. The lowest BCUT2D eigenvalue weighted by molar-refractivity contribution is -0.145. The number of carbonyl (C=O) groups is 2. The van der Waals surface area contributed by atoms with Crippen LogP contribution in [-0.4, -0.2) is 29.5 Å². The lowest BCUT2D eigenvalue weighted by Gasteiger charge is -2.55. The molecule has 1 aliphatic carbocycles. The average molecular weight is 361 g/mol. The van der Waals surface area contributed by atoms with E-state index < -0.39 is 11.5 Å². The van der Waals surface area contributed by atoms with Gasteiger partial charge in [-0.25, -0.2) is 9.69 Å². The van der Waals surface area contributed by atoms with Crippen molar-refractivity contribution < 1.29 is 14.3 Å². The van der Waals surface area contributed by atoms with Crippen molar-refractivity contribution in [1.29, 1.82) is 0 Å². The van der Waals surface area contributed by atoms with Gasteiger partial charge >= 0.3 is 6.09 Å². The van der Waals surface area contributed by atoms with E-state index in [0.29, 0.717) is 6.61 Å². The minimum Gasteiger partial charge on any atom is -0.447 e. The van der Waals surface area contributed by atoms with Crippen LogP contribution in [0.2, 0.25) is 0 Å². The first kappa shape index (κ1) is 16.5. The predicted octanol–water partition coefficient (Wildman–Crippen LogP) is 4.04. The van der Waals surface area contributed by atoms with Gasteiger partial charge in [0.15, 0.2) is 0 Å². The Morgan fingerprint density at radius 3 is 2.26 bits per heavy atom. The Bertz CT molecular complexity index is 896. The third kappa shape index (κ3) is 1.98. The summed E-state index contributed by atoms with van der Waals surface area (Å²) in [5, 5.41) is 0. The molecule has 4 heteroatoms. The fourth-order valence-electron chi connectivity index (χ4n) is 6.05. The Balaban J connectivity index is 1.78. The van der Waals surface area contributed by atoms with Crippen LogP contribution in [0.15, 0.2) is 60.7 Å². The van der Waals surface area contributed by atoms with E-state index in [9.17, 15) is 9.59 Å². The van der Waals surface area contributed by atoms with E-state index >= 15 is 0 Å². The fraction of sp³-hybridized carbons (Fsp3) is 0.391. The summed E-state index contributed by atoms with van der Waals surface area (Å²) < 4.78 is 5.42. The van der Waals surface area contributed by atoms with Crippen molar-refractivity contribution in [1.82, 2.24) is 4.90 Å². The van der Waals surface area contributed by atoms with Crippen LogP contribution in [-0.2, 0) is 20.4 Å². The van der Waals surface area contributed by atoms with Gasteiger partial charge in [-0.05, 0) is 36.8 Å². The van der Waals surface area contributed by atoms with Crippen molar-refractivity contribution in [2.45, 2.75) is 43.1 Å². The Morgan fingerprint density at radius 1 is 0.963 bits per heavy atom. The van der Waals surface area contributed by atoms with Crippen LogP contribution < -0.4 is 0 Å². The molecule has 2 aliphatic heterocycles. The van der Waals surface area contributed by atoms with Crippen LogP contribution >= 0.6 is 0 Å². The second-order valence-electron chi connectivity index (χ2n) is 8.19. The molecule has 2 heterocycles. The van der Waals surface area contributed by atoms with Crippen molar-refractivity contribution in [2.75, 3.05) is 6.61 Å². The average Bonchev–Trinajstić information content (AvgIpc) is 3.33. The van der Waals surface area contributed by atoms with Crippen molar-refractivity contribution in [3.05, 3.63) is 71.8 Å². The normalized spacial score (nSPS) is 34.9. The zero-order valence-corrected chi connectivity index (χ0v) is 15.4. The summed E-state index contributed by atoms with van der Waals surface area (Å²) in [4.78, 5) is 27.7. The summed E-state index contributed by atoms with van der Waals surface area (Å²) in [7, 11) is 0. The van der Waals surface area contributed by atoms with Gasteiger partial charge in [-0.3, -0.25) is 4.79 Å². The van der Waals surface area contributed by atoms with Crippen LogP contribution in [0.3, 0.4) is 0 Å². The number of imide groups is 1. The molecule has 2 saturated heterocycles. The van der Waals surface area contributed by atoms with Crippen molar-refractivity contribution in [3.8, 4) is 0 Å². The monoisotopic (exact) mass is 361 g/mol. The zero-order chi connectivity index (χ0) is 18.6. The molecular formula is C23H23NO3. The van der Waals surface area contributed by atoms with Crippen LogP contribution in [0.4, 0.5) is 4.79 Å². The molecule has 2 amide bonds. The molecule has 2 aromatic carbocycles. The van der Waals surface area contributed by atoms with Crippen molar-refractivity contribution in [3.63, 3.8) is 0 Å². The smallest absolute Gasteiger partial charge is 0.417 e. The number of fused-ring (bicyclic) bond motifs is 3. The molecule has 27 heavy (non-hydrogen) atoms. The predicted molar refractivity (Wildman–Crippen MR) is 101 cm³/mol. The minimum absolute atomic E-state index is 0.111. The lowest BCUT2D eigenvalue weighted by atomic mass is 9.53. The molecule has 0 bridgehead atoms. The molecule has 1 saturated carbocycles. The highest BCUT2D eigenvalue weighted by atomic mass is 16.6. The van der Waals surface area contributed by atoms with E-state index in [0.717, 1.165) is 24.8 Å². The van der Waals surface area contributed by atoms with E-state index in [4.69, 9.17) is 4.74 Å². The molecule has 0 aromatic heterocycles. The van der Waals surface area contributed by atoms with E-state index in [1.807, 2.05) is 43.3 Å². The molecule has 2 aromatic rings. The second-order valence-corrected chi connectivity index (χ2v) is 8.19. The van der Waals surface area contributed by atoms with E-state index in [-0.39, 0.29) is 23.3 Å². The maximum absolute atomic E-state index is 13.7. The van der Waals surface area contributed by atoms with E-state index in [1.165, 1.54) is 10.5 Å². The third-order valence-electron chi connectivity index (χ3n) is 7.22. The largest absolute Gasteiger partial charge is 0.447 e. The number of amides is 2. The summed E-state index contributed by atoms with van der Waals surface area (Å²) in [6, 6.07) is 20.2. The Hall–Kier alpha value is -2.62. The highest BCUT2D eigenvalue weighted by Crippen LogP contribution is 2.61. The quantitative estimate of drug-likeness (QED) is 0.811. The van der Waals surface area contributed by atoms with E-state index in [1.54, 1.807) is 0 Å². The number of nitrogens with zero attached hydrogens (tertiary/aromatic N) is 1. The fourth-order valence-corrected chi connectivity index (χ4v) is 6.05. The number of benzene rings is 2. The topological polar surface area (TPSA) is 46.6 Å². The number of hydrogen-bond acceptors (Lipinski definition) is 3. The maximum Gasteiger partial charge on any atom is 0.417 e. The maximum atomic E-state index is 13.7. The van der Waals surface area contributed by atoms with Gasteiger partial charge in [-0.15, -0.1) is 0 Å². The number of cyclic esters (lactones) is 1. The van der Waals surface area contributed by atoms with Gasteiger partial charge in [0, 0.05) is 5.41 Å². The second kappa shape index (κ2) is 5.69. The summed E-state index contributed by atoms with van der Waals surface area (Å²) in [5.41, 5.74) is 1.20. The minimum atomic E-state index is -0.743. The number of ether oxygens (including phenoxy) is 1. The first-order chi connectivity index (χ1) is 13.1. The molecular weight excluding hydrogens is 338 g/mol. The Kier molecular flexibility index (Phi) is 3.48. The van der Waals surface area contributed by atoms with Crippen molar-refractivity contribution in [2.24, 2.45) is 5.92 Å². The molecule has 3 fully saturated rings. The summed E-state index contributed by atoms with van der Waals surface area (Å²) in [6.45, 7) is 2.32. The SMILES string of the molecule is C[C@@]1(c2ccccc2)C(=O)N2C(=O)OC[C@H]2C2(c3ccccc3)CCCC21. The van der Waals surface area contributed by atoms with Gasteiger partial charge in [-0.2, -0.15) is 0 Å². The number of hydrogen-bond donors (Lipinski definition) is 0. The zero-order valence-electron chi connectivity index (χ0n) is 15.4. The Labute approximate surface area is 159 Å². The van der Waals surface area contributed by atoms with Gasteiger partial charge in [0.05, 0.1) is 11.5 Å². The lowest BCUT2D eigenvalue weighted by Crippen LogP contribution is -2.67. The van der Waals surface area contributed by atoms with Gasteiger partial charge < -0.3 is 4.74 Å². The highest BCUT2D eigenvalue weighted by Gasteiger charge is 2.68. The number of rotatable bonds is 2. The molecule has 0 radical (unpaired) electrons. The molecule has 2 unspecified atom stereocenters. The molecule has 0 N–H and O–H groups in total. The standard InChI is InChI=1S/C23H23NO3/c1-22(16-9-4-2-5-10-16)18-13-8-14-23(18,17-11-6-3-7-12-17)19-15-27-21(26)24(19)20(22)25/h2-7,9-12,18-19H,8,13-15H2,1H3/t18?,19-,22-,23?/m0/s1. The molecule has 3 aliphatic rings. The van der Waals surface area contributed by atoms with Crippen LogP contribution in [0.1, 0.15) is 37.3 Å². The summed E-state index contributed by atoms with van der Waals surface area (Å²) in [6.07, 6.45) is 2.50. The number of carbonyl (C=O) groups excluding carboxylic acids is 2. The van der Waals surface area contributed by atoms with Crippen LogP contribution in [0.5, 0.6) is 0 Å². The van der Waals surface area contributed by atoms with Gasteiger partial charge in [0.2, 0.25) is 5.91 Å². The summed E-state index contributed by atoms with van der Waals surface area (Å²) in [5.74, 6) is 0.0257. The molecule has 138 valence electrons. The highest BCUT2D eigenvalue weighted by molar-refractivity contribution is 6.01. The van der Waals surface area contributed by atoms with Crippen molar-refractivity contribution >= 4 is 12.0 Å².